The average molecular weight is 247 g/mol. The van der Waals surface area contributed by atoms with E-state index in [1.54, 1.807) is 24.3 Å². The molecular weight excluding hydrogens is 234 g/mol. The fourth-order valence-corrected chi connectivity index (χ4v) is 2.12. The van der Waals surface area contributed by atoms with Crippen LogP contribution in [0.4, 0.5) is 5.69 Å². The first-order valence-corrected chi connectivity index (χ1v) is 6.19. The molecule has 84 valence electrons. The summed E-state index contributed by atoms with van der Waals surface area (Å²) in [6.45, 7) is 2.48. The molecule has 3 nitrogen and oxygen atoms in total. The second kappa shape index (κ2) is 6.10. The van der Waals surface area contributed by atoms with Gasteiger partial charge in [0, 0.05) is 17.8 Å². The number of hydrogen-bond acceptors (Lipinski definition) is 2. The zero-order valence-electron chi connectivity index (χ0n) is 8.48. The highest BCUT2D eigenvalue weighted by atomic mass is 35.5. The molecule has 15 heavy (non-hydrogen) atoms. The van der Waals surface area contributed by atoms with Crippen molar-refractivity contribution >= 4 is 28.6 Å². The third kappa shape index (κ3) is 3.48. The Hall–Kier alpha value is -0.580. The molecule has 1 unspecified atom stereocenters. The number of unbranched alkanes of at least 4 members (excludes halogenated alkanes) is 1. The standard InChI is InChI=1S/C10H14ClNO2S/c1-2-3-8-12(15(13)14)10-7-5-4-6-9(10)11/h4-7H,2-3,8H2,1H3,(H,13,14)/p-1. The van der Waals surface area contributed by atoms with Crippen LogP contribution in [-0.4, -0.2) is 15.3 Å². The lowest BCUT2D eigenvalue weighted by Gasteiger charge is -2.26. The van der Waals surface area contributed by atoms with E-state index in [0.29, 0.717) is 17.3 Å². The molecule has 1 aromatic rings. The summed E-state index contributed by atoms with van der Waals surface area (Å²) in [7, 11) is 0. The van der Waals surface area contributed by atoms with Gasteiger partial charge in [-0.3, -0.25) is 4.21 Å². The number of nitrogens with zero attached hydrogens (tertiary/aromatic N) is 1. The van der Waals surface area contributed by atoms with Crippen molar-refractivity contribution in [3.05, 3.63) is 29.3 Å². The Labute approximate surface area is 97.5 Å². The highest BCUT2D eigenvalue weighted by Crippen LogP contribution is 2.26. The van der Waals surface area contributed by atoms with Gasteiger partial charge in [0.15, 0.2) is 0 Å². The van der Waals surface area contributed by atoms with Crippen LogP contribution in [0.25, 0.3) is 0 Å². The maximum absolute atomic E-state index is 11.0. The summed E-state index contributed by atoms with van der Waals surface area (Å²) < 4.78 is 23.3. The largest absolute Gasteiger partial charge is 0.755 e. The third-order valence-electron chi connectivity index (χ3n) is 2.02. The van der Waals surface area contributed by atoms with Crippen molar-refractivity contribution in [2.75, 3.05) is 10.8 Å². The minimum atomic E-state index is -2.27. The lowest BCUT2D eigenvalue weighted by atomic mass is 10.3. The molecule has 1 rings (SSSR count). The van der Waals surface area contributed by atoms with E-state index in [9.17, 15) is 8.76 Å². The second-order valence-electron chi connectivity index (χ2n) is 3.12. The molecule has 0 aliphatic heterocycles. The Morgan fingerprint density at radius 3 is 2.67 bits per heavy atom. The van der Waals surface area contributed by atoms with Gasteiger partial charge >= 0.3 is 0 Å². The lowest BCUT2D eigenvalue weighted by Crippen LogP contribution is -2.26. The van der Waals surface area contributed by atoms with Crippen LogP contribution in [0.5, 0.6) is 0 Å². The summed E-state index contributed by atoms with van der Waals surface area (Å²) in [4.78, 5) is 0. The van der Waals surface area contributed by atoms with Gasteiger partial charge in [0.25, 0.3) is 0 Å². The fraction of sp³-hybridized carbons (Fsp3) is 0.400. The molecule has 0 saturated heterocycles. The molecule has 0 aromatic heterocycles. The van der Waals surface area contributed by atoms with Crippen molar-refractivity contribution in [1.82, 2.24) is 0 Å². The number of rotatable bonds is 5. The molecular formula is C10H13ClNO2S-. The zero-order valence-corrected chi connectivity index (χ0v) is 10.1. The van der Waals surface area contributed by atoms with E-state index in [1.165, 1.54) is 4.31 Å². The van der Waals surface area contributed by atoms with Crippen LogP contribution in [0, 0.1) is 0 Å². The van der Waals surface area contributed by atoms with Gasteiger partial charge < -0.3 is 8.86 Å². The molecule has 1 atom stereocenters. The van der Waals surface area contributed by atoms with Gasteiger partial charge in [0.05, 0.1) is 10.7 Å². The van der Waals surface area contributed by atoms with Crippen LogP contribution in [0.1, 0.15) is 19.8 Å². The predicted octanol–water partition coefficient (Wildman–Crippen LogP) is 2.74. The zero-order chi connectivity index (χ0) is 11.3. The Morgan fingerprint density at radius 2 is 2.13 bits per heavy atom. The van der Waals surface area contributed by atoms with Gasteiger partial charge in [-0.05, 0) is 18.6 Å². The molecule has 0 radical (unpaired) electrons. The van der Waals surface area contributed by atoms with Gasteiger partial charge in [-0.2, -0.15) is 0 Å². The molecule has 1 aromatic carbocycles. The molecule has 0 heterocycles. The van der Waals surface area contributed by atoms with E-state index in [2.05, 4.69) is 0 Å². The predicted molar refractivity (Wildman–Crippen MR) is 62.6 cm³/mol. The number of anilines is 1. The minimum Gasteiger partial charge on any atom is -0.755 e. The van der Waals surface area contributed by atoms with Crippen molar-refractivity contribution < 1.29 is 8.76 Å². The maximum atomic E-state index is 11.0. The van der Waals surface area contributed by atoms with E-state index in [1.807, 2.05) is 6.92 Å². The number of benzene rings is 1. The summed E-state index contributed by atoms with van der Waals surface area (Å²) in [5, 5.41) is 0.456. The van der Waals surface area contributed by atoms with Crippen molar-refractivity contribution in [3.63, 3.8) is 0 Å². The van der Waals surface area contributed by atoms with Crippen LogP contribution in [0.2, 0.25) is 5.02 Å². The molecule has 0 saturated carbocycles. The van der Waals surface area contributed by atoms with Crippen molar-refractivity contribution in [1.29, 1.82) is 0 Å². The summed E-state index contributed by atoms with van der Waals surface area (Å²) in [6.07, 6.45) is 1.76. The molecule has 0 N–H and O–H groups in total. The van der Waals surface area contributed by atoms with Gasteiger partial charge in [0.1, 0.15) is 0 Å². The molecule has 0 fully saturated rings. The molecule has 0 aliphatic carbocycles. The average Bonchev–Trinajstić information content (AvgIpc) is 2.20. The Bertz CT molecular complexity index is 346. The van der Waals surface area contributed by atoms with Gasteiger partial charge in [0.2, 0.25) is 0 Å². The lowest BCUT2D eigenvalue weighted by molar-refractivity contribution is 0.530. The van der Waals surface area contributed by atoms with Crippen molar-refractivity contribution in [3.8, 4) is 0 Å². The summed E-state index contributed by atoms with van der Waals surface area (Å²) >= 11 is 3.66. The molecule has 5 heteroatoms. The van der Waals surface area contributed by atoms with Crippen molar-refractivity contribution in [2.45, 2.75) is 19.8 Å². The third-order valence-corrected chi connectivity index (χ3v) is 3.07. The normalized spacial score (nSPS) is 12.5. The summed E-state index contributed by atoms with van der Waals surface area (Å²) in [5.41, 5.74) is 0.543. The Kier molecular flexibility index (Phi) is 5.08. The fourth-order valence-electron chi connectivity index (χ4n) is 1.23. The van der Waals surface area contributed by atoms with E-state index < -0.39 is 11.3 Å². The highest BCUT2D eigenvalue weighted by molar-refractivity contribution is 7.80. The van der Waals surface area contributed by atoms with E-state index >= 15 is 0 Å². The quantitative estimate of drug-likeness (QED) is 0.750. The van der Waals surface area contributed by atoms with Gasteiger partial charge in [-0.15, -0.1) is 0 Å². The van der Waals surface area contributed by atoms with Crippen LogP contribution in [-0.2, 0) is 11.3 Å². The summed E-state index contributed by atoms with van der Waals surface area (Å²) in [6, 6.07) is 6.93. The maximum Gasteiger partial charge on any atom is 0.0668 e. The summed E-state index contributed by atoms with van der Waals surface area (Å²) in [5.74, 6) is 0. The molecule has 0 bridgehead atoms. The Balaban J connectivity index is 2.89. The molecule has 0 amide bonds. The molecule has 0 spiro atoms. The highest BCUT2D eigenvalue weighted by Gasteiger charge is 2.09. The minimum absolute atomic E-state index is 0.456. The van der Waals surface area contributed by atoms with Crippen LogP contribution in [0.3, 0.4) is 0 Å². The smallest absolute Gasteiger partial charge is 0.0668 e. The van der Waals surface area contributed by atoms with Crippen molar-refractivity contribution in [2.24, 2.45) is 0 Å². The van der Waals surface area contributed by atoms with Crippen LogP contribution < -0.4 is 4.31 Å². The number of para-hydroxylation sites is 1. The second-order valence-corrected chi connectivity index (χ2v) is 4.41. The van der Waals surface area contributed by atoms with E-state index in [0.717, 1.165) is 12.8 Å². The van der Waals surface area contributed by atoms with Gasteiger partial charge in [-0.25, -0.2) is 0 Å². The monoisotopic (exact) mass is 246 g/mol. The first-order chi connectivity index (χ1) is 7.16. The first kappa shape index (κ1) is 12.5. The number of halogens is 1. The topological polar surface area (TPSA) is 43.4 Å². The Morgan fingerprint density at radius 1 is 1.47 bits per heavy atom. The van der Waals surface area contributed by atoms with Crippen LogP contribution in [0.15, 0.2) is 24.3 Å². The van der Waals surface area contributed by atoms with Crippen LogP contribution >= 0.6 is 11.6 Å². The SMILES string of the molecule is CCCCN(c1ccccc1Cl)S(=O)[O-]. The molecule has 0 aliphatic rings. The first-order valence-electron chi connectivity index (χ1n) is 4.78. The van der Waals surface area contributed by atoms with Gasteiger partial charge in [-0.1, -0.05) is 37.1 Å². The number of hydrogen-bond donors (Lipinski definition) is 0. The van der Waals surface area contributed by atoms with E-state index in [4.69, 9.17) is 11.6 Å². The van der Waals surface area contributed by atoms with E-state index in [-0.39, 0.29) is 0 Å².